The Bertz CT molecular complexity index is 1470. The van der Waals surface area contributed by atoms with Gasteiger partial charge in [0.25, 0.3) is 0 Å². The lowest BCUT2D eigenvalue weighted by Crippen LogP contribution is -2.23. The monoisotopic (exact) mass is 487 g/mol. The predicted molar refractivity (Wildman–Crippen MR) is 153 cm³/mol. The molecule has 1 N–H and O–H groups in total. The first-order valence-corrected chi connectivity index (χ1v) is 12.8. The van der Waals surface area contributed by atoms with Crippen LogP contribution in [0.3, 0.4) is 0 Å². The third-order valence-corrected chi connectivity index (χ3v) is 6.92. The number of rotatable bonds is 6. The van der Waals surface area contributed by atoms with Gasteiger partial charge in [0.15, 0.2) is 0 Å². The molecular weight excluding hydrogens is 454 g/mol. The molecular formula is C34H33NO2. The Morgan fingerprint density at radius 1 is 0.838 bits per heavy atom. The normalized spacial score (nSPS) is 12.4. The Labute approximate surface area is 219 Å². The van der Waals surface area contributed by atoms with Gasteiger partial charge < -0.3 is 9.73 Å². The number of para-hydroxylation sites is 1. The summed E-state index contributed by atoms with van der Waals surface area (Å²) in [5.41, 5.74) is 7.31. The summed E-state index contributed by atoms with van der Waals surface area (Å²) in [4.78, 5) is 13.6. The van der Waals surface area contributed by atoms with Crippen molar-refractivity contribution in [2.45, 2.75) is 45.4 Å². The van der Waals surface area contributed by atoms with E-state index in [1.807, 2.05) is 54.6 Å². The van der Waals surface area contributed by atoms with E-state index in [1.165, 1.54) is 11.1 Å². The lowest BCUT2D eigenvalue weighted by Gasteiger charge is -2.22. The summed E-state index contributed by atoms with van der Waals surface area (Å²) < 4.78 is 5.99. The van der Waals surface area contributed by atoms with E-state index in [2.05, 4.69) is 81.5 Å². The zero-order valence-electron chi connectivity index (χ0n) is 21.9. The minimum absolute atomic E-state index is 0.0134. The molecule has 0 spiro atoms. The maximum Gasteiger partial charge on any atom is 0.232 e. The number of amides is 1. The standard InChI is InChI=1S/C34H33NO2/c1-23-9-11-24(12-10-23)21-30(25-13-17-28(18-14-25)34(2,3)4)33(36)35-29-19-15-26(16-20-29)32-22-27-7-5-6-8-31(27)37-32/h5-20,22,30H,21H2,1-4H3,(H,35,36). The molecule has 5 aromatic rings. The summed E-state index contributed by atoms with van der Waals surface area (Å²) >= 11 is 0. The van der Waals surface area contributed by atoms with E-state index >= 15 is 0 Å². The molecule has 0 bridgehead atoms. The summed E-state index contributed by atoms with van der Waals surface area (Å²) in [6.45, 7) is 8.68. The van der Waals surface area contributed by atoms with Crippen molar-refractivity contribution in [2.24, 2.45) is 0 Å². The van der Waals surface area contributed by atoms with Crippen molar-refractivity contribution in [3.63, 3.8) is 0 Å². The van der Waals surface area contributed by atoms with Gasteiger partial charge in [-0.2, -0.15) is 0 Å². The van der Waals surface area contributed by atoms with Crippen molar-refractivity contribution in [1.29, 1.82) is 0 Å². The lowest BCUT2D eigenvalue weighted by atomic mass is 9.84. The maximum atomic E-state index is 13.6. The minimum Gasteiger partial charge on any atom is -0.456 e. The molecule has 0 radical (unpaired) electrons. The fourth-order valence-corrected chi connectivity index (χ4v) is 4.61. The van der Waals surface area contributed by atoms with Crippen LogP contribution in [0, 0.1) is 6.92 Å². The molecule has 186 valence electrons. The zero-order chi connectivity index (χ0) is 26.0. The highest BCUT2D eigenvalue weighted by Crippen LogP contribution is 2.30. The van der Waals surface area contributed by atoms with Gasteiger partial charge in [-0.3, -0.25) is 4.79 Å². The Hall–Kier alpha value is -4.11. The van der Waals surface area contributed by atoms with Crippen LogP contribution >= 0.6 is 0 Å². The molecule has 0 aliphatic heterocycles. The first-order valence-electron chi connectivity index (χ1n) is 12.8. The van der Waals surface area contributed by atoms with Crippen LogP contribution in [0.25, 0.3) is 22.3 Å². The molecule has 3 nitrogen and oxygen atoms in total. The van der Waals surface area contributed by atoms with Crippen LogP contribution in [-0.2, 0) is 16.6 Å². The van der Waals surface area contributed by atoms with E-state index in [9.17, 15) is 4.79 Å². The number of nitrogens with one attached hydrogen (secondary N) is 1. The Kier molecular flexibility index (Phi) is 6.71. The second kappa shape index (κ2) is 10.1. The number of benzene rings is 4. The van der Waals surface area contributed by atoms with E-state index in [0.29, 0.717) is 6.42 Å². The summed E-state index contributed by atoms with van der Waals surface area (Å²) in [6, 6.07) is 34.8. The molecule has 4 aromatic carbocycles. The SMILES string of the molecule is Cc1ccc(CC(C(=O)Nc2ccc(-c3cc4ccccc4o3)cc2)c2ccc(C(C)(C)C)cc2)cc1. The molecule has 1 unspecified atom stereocenters. The zero-order valence-corrected chi connectivity index (χ0v) is 21.9. The quantitative estimate of drug-likeness (QED) is 0.260. The van der Waals surface area contributed by atoms with Crippen LogP contribution in [0.2, 0.25) is 0 Å². The van der Waals surface area contributed by atoms with E-state index in [0.717, 1.165) is 39.1 Å². The smallest absolute Gasteiger partial charge is 0.232 e. The average Bonchev–Trinajstić information content (AvgIpc) is 3.33. The van der Waals surface area contributed by atoms with Crippen LogP contribution < -0.4 is 5.32 Å². The van der Waals surface area contributed by atoms with Crippen molar-refractivity contribution in [3.05, 3.63) is 125 Å². The number of hydrogen-bond acceptors (Lipinski definition) is 2. The Morgan fingerprint density at radius 2 is 1.51 bits per heavy atom. The summed E-state index contributed by atoms with van der Waals surface area (Å²) in [5, 5.41) is 4.23. The molecule has 1 amide bonds. The number of fused-ring (bicyclic) bond motifs is 1. The van der Waals surface area contributed by atoms with Crippen LogP contribution in [0.15, 0.2) is 108 Å². The molecule has 0 aliphatic carbocycles. The molecule has 1 atom stereocenters. The highest BCUT2D eigenvalue weighted by Gasteiger charge is 2.23. The number of hydrogen-bond donors (Lipinski definition) is 1. The highest BCUT2D eigenvalue weighted by atomic mass is 16.3. The summed E-state index contributed by atoms with van der Waals surface area (Å²) in [5.74, 6) is 0.502. The third kappa shape index (κ3) is 5.67. The van der Waals surface area contributed by atoms with Gasteiger partial charge in [-0.1, -0.05) is 93.1 Å². The molecule has 0 fully saturated rings. The van der Waals surface area contributed by atoms with Gasteiger partial charge in [-0.05, 0) is 71.8 Å². The number of carbonyl (C=O) groups excluding carboxylic acids is 1. The Balaban J connectivity index is 1.38. The summed E-state index contributed by atoms with van der Waals surface area (Å²) in [7, 11) is 0. The number of anilines is 1. The first-order chi connectivity index (χ1) is 17.8. The van der Waals surface area contributed by atoms with E-state index in [4.69, 9.17) is 4.42 Å². The van der Waals surface area contributed by atoms with Crippen LogP contribution in [-0.4, -0.2) is 5.91 Å². The van der Waals surface area contributed by atoms with Crippen LogP contribution in [0.4, 0.5) is 5.69 Å². The van der Waals surface area contributed by atoms with E-state index in [-0.39, 0.29) is 17.2 Å². The fraction of sp³-hybridized carbons (Fsp3) is 0.206. The number of aryl methyl sites for hydroxylation is 1. The largest absolute Gasteiger partial charge is 0.456 e. The second-order valence-corrected chi connectivity index (χ2v) is 10.8. The molecule has 0 saturated heterocycles. The maximum absolute atomic E-state index is 13.6. The second-order valence-electron chi connectivity index (χ2n) is 10.8. The van der Waals surface area contributed by atoms with Crippen molar-refractivity contribution < 1.29 is 9.21 Å². The number of furan rings is 1. The van der Waals surface area contributed by atoms with Crippen molar-refractivity contribution >= 4 is 22.6 Å². The van der Waals surface area contributed by atoms with Gasteiger partial charge in [0.1, 0.15) is 11.3 Å². The van der Waals surface area contributed by atoms with E-state index < -0.39 is 0 Å². The lowest BCUT2D eigenvalue weighted by molar-refractivity contribution is -0.117. The summed E-state index contributed by atoms with van der Waals surface area (Å²) in [6.07, 6.45) is 0.637. The average molecular weight is 488 g/mol. The van der Waals surface area contributed by atoms with Gasteiger partial charge in [0, 0.05) is 16.6 Å². The van der Waals surface area contributed by atoms with Gasteiger partial charge in [-0.25, -0.2) is 0 Å². The third-order valence-electron chi connectivity index (χ3n) is 6.92. The molecule has 5 rings (SSSR count). The predicted octanol–water partition coefficient (Wildman–Crippen LogP) is 8.67. The topological polar surface area (TPSA) is 42.2 Å². The van der Waals surface area contributed by atoms with Crippen molar-refractivity contribution in [1.82, 2.24) is 0 Å². The minimum atomic E-state index is -0.299. The van der Waals surface area contributed by atoms with Crippen LogP contribution in [0.5, 0.6) is 0 Å². The van der Waals surface area contributed by atoms with Gasteiger partial charge >= 0.3 is 0 Å². The van der Waals surface area contributed by atoms with E-state index in [1.54, 1.807) is 0 Å². The Morgan fingerprint density at radius 3 is 2.16 bits per heavy atom. The number of carbonyl (C=O) groups is 1. The molecule has 0 aliphatic rings. The molecule has 37 heavy (non-hydrogen) atoms. The molecule has 1 aromatic heterocycles. The molecule has 0 saturated carbocycles. The molecule has 3 heteroatoms. The molecule has 1 heterocycles. The van der Waals surface area contributed by atoms with Crippen molar-refractivity contribution in [3.8, 4) is 11.3 Å². The van der Waals surface area contributed by atoms with Gasteiger partial charge in [0.05, 0.1) is 5.92 Å². The fourth-order valence-electron chi connectivity index (χ4n) is 4.61. The van der Waals surface area contributed by atoms with Gasteiger partial charge in [-0.15, -0.1) is 0 Å². The van der Waals surface area contributed by atoms with Gasteiger partial charge in [0.2, 0.25) is 5.91 Å². The first kappa shape index (κ1) is 24.6. The highest BCUT2D eigenvalue weighted by molar-refractivity contribution is 5.96. The van der Waals surface area contributed by atoms with Crippen LogP contribution in [0.1, 0.15) is 48.9 Å². The van der Waals surface area contributed by atoms with Crippen molar-refractivity contribution in [2.75, 3.05) is 5.32 Å².